The molecule has 0 heterocycles. The van der Waals surface area contributed by atoms with Gasteiger partial charge in [-0.15, -0.1) is 0 Å². The predicted octanol–water partition coefficient (Wildman–Crippen LogP) is 12.8. The first kappa shape index (κ1) is 33.4. The normalized spacial score (nSPS) is 22.2. The second-order valence-electron chi connectivity index (χ2n) is 13.5. The van der Waals surface area contributed by atoms with Gasteiger partial charge < -0.3 is 4.74 Å². The number of hydrogen-bond donors (Lipinski definition) is 0. The smallest absolute Gasteiger partial charge is 0.201 e. The fraction of sp³-hybridized carbons (Fsp3) is 0.512. The molecule has 0 atom stereocenters. The van der Waals surface area contributed by atoms with Crippen LogP contribution >= 0.6 is 0 Å². The standard InChI is InChI=1S/C41H51F3O/c1-3-5-6-7-8-9-27-45-39-26-25-37(40(43)41(39)44)34-21-17-32(18-22-34)35-23-24-36(38(42)28-35)33-19-15-31(16-20-33)30-13-11-29(10-4-2)12-14-30/h4,10,17-18,21-26,28-31,33H,3,5-9,11-16,19-20,27H2,1-2H3/b10-4+. The Morgan fingerprint density at radius 1 is 0.667 bits per heavy atom. The summed E-state index contributed by atoms with van der Waals surface area (Å²) in [6.45, 7) is 4.68. The van der Waals surface area contributed by atoms with Gasteiger partial charge in [0.15, 0.2) is 11.6 Å². The highest BCUT2D eigenvalue weighted by Gasteiger charge is 2.31. The van der Waals surface area contributed by atoms with E-state index < -0.39 is 11.6 Å². The molecule has 0 aromatic heterocycles. The molecule has 3 aromatic carbocycles. The highest BCUT2D eigenvalue weighted by Crippen LogP contribution is 2.45. The quantitative estimate of drug-likeness (QED) is 0.137. The van der Waals surface area contributed by atoms with E-state index in [4.69, 9.17) is 4.74 Å². The average molecular weight is 617 g/mol. The second kappa shape index (κ2) is 16.5. The molecule has 45 heavy (non-hydrogen) atoms. The Morgan fingerprint density at radius 3 is 1.96 bits per heavy atom. The van der Waals surface area contributed by atoms with Crippen LogP contribution in [0.15, 0.2) is 66.7 Å². The van der Waals surface area contributed by atoms with E-state index >= 15 is 8.78 Å². The van der Waals surface area contributed by atoms with Gasteiger partial charge in [0.05, 0.1) is 6.61 Å². The highest BCUT2D eigenvalue weighted by atomic mass is 19.2. The molecule has 2 aliphatic rings. The predicted molar refractivity (Wildman–Crippen MR) is 181 cm³/mol. The third-order valence-corrected chi connectivity index (χ3v) is 10.5. The van der Waals surface area contributed by atoms with E-state index in [0.717, 1.165) is 66.5 Å². The molecule has 2 saturated carbocycles. The lowest BCUT2D eigenvalue weighted by Gasteiger charge is -2.37. The van der Waals surface area contributed by atoms with E-state index in [-0.39, 0.29) is 23.0 Å². The van der Waals surface area contributed by atoms with E-state index in [1.807, 2.05) is 24.3 Å². The van der Waals surface area contributed by atoms with E-state index in [9.17, 15) is 4.39 Å². The average Bonchev–Trinajstić information content (AvgIpc) is 3.07. The van der Waals surface area contributed by atoms with Crippen molar-refractivity contribution < 1.29 is 17.9 Å². The maximum absolute atomic E-state index is 15.4. The Labute approximate surface area is 269 Å². The third-order valence-electron chi connectivity index (χ3n) is 10.5. The topological polar surface area (TPSA) is 9.23 Å². The molecule has 0 spiro atoms. The van der Waals surface area contributed by atoms with Crippen molar-refractivity contribution in [1.29, 1.82) is 0 Å². The zero-order valence-electron chi connectivity index (χ0n) is 27.3. The van der Waals surface area contributed by atoms with Crippen LogP contribution in [-0.4, -0.2) is 6.61 Å². The molecular formula is C41H51F3O. The summed E-state index contributed by atoms with van der Waals surface area (Å²) >= 11 is 0. The third kappa shape index (κ3) is 8.63. The van der Waals surface area contributed by atoms with Crippen molar-refractivity contribution in [3.8, 4) is 28.0 Å². The van der Waals surface area contributed by atoms with Gasteiger partial charge in [-0.05, 0) is 129 Å². The summed E-state index contributed by atoms with van der Waals surface area (Å²) in [4.78, 5) is 0. The van der Waals surface area contributed by atoms with Crippen molar-refractivity contribution in [1.82, 2.24) is 0 Å². The van der Waals surface area contributed by atoms with Crippen LogP contribution in [0, 0.1) is 35.2 Å². The Bertz CT molecular complexity index is 1380. The van der Waals surface area contributed by atoms with Gasteiger partial charge in [0.2, 0.25) is 5.82 Å². The number of halogens is 3. The van der Waals surface area contributed by atoms with E-state index in [1.165, 1.54) is 63.9 Å². The molecule has 2 fully saturated rings. The summed E-state index contributed by atoms with van der Waals surface area (Å²) in [5.41, 5.74) is 3.23. The van der Waals surface area contributed by atoms with Crippen molar-refractivity contribution in [3.63, 3.8) is 0 Å². The maximum Gasteiger partial charge on any atom is 0.201 e. The number of allylic oxidation sites excluding steroid dienone is 2. The SMILES string of the molecule is C/C=C/C1CCC(C2CCC(c3ccc(-c4ccc(-c5ccc(OCCCCCCCC)c(F)c5F)cc4)cc3F)CC2)CC1. The lowest BCUT2D eigenvalue weighted by molar-refractivity contribution is 0.171. The van der Waals surface area contributed by atoms with Gasteiger partial charge in [-0.3, -0.25) is 0 Å². The number of ether oxygens (including phenoxy) is 1. The van der Waals surface area contributed by atoms with Crippen molar-refractivity contribution in [2.45, 2.75) is 110 Å². The molecule has 2 aliphatic carbocycles. The summed E-state index contributed by atoms with van der Waals surface area (Å²) in [5.74, 6) is 0.638. The molecule has 0 N–H and O–H groups in total. The Morgan fingerprint density at radius 2 is 1.29 bits per heavy atom. The monoisotopic (exact) mass is 616 g/mol. The first-order valence-electron chi connectivity index (χ1n) is 17.6. The van der Waals surface area contributed by atoms with Crippen LogP contribution in [0.4, 0.5) is 13.2 Å². The van der Waals surface area contributed by atoms with Crippen molar-refractivity contribution in [3.05, 3.63) is 89.8 Å². The molecule has 1 nitrogen and oxygen atoms in total. The number of unbranched alkanes of at least 4 members (excludes halogenated alkanes) is 5. The van der Waals surface area contributed by atoms with Gasteiger partial charge in [-0.25, -0.2) is 8.78 Å². The van der Waals surface area contributed by atoms with E-state index in [0.29, 0.717) is 12.2 Å². The molecule has 0 amide bonds. The van der Waals surface area contributed by atoms with Gasteiger partial charge in [-0.1, -0.05) is 87.6 Å². The lowest BCUT2D eigenvalue weighted by atomic mass is 9.68. The molecule has 0 unspecified atom stereocenters. The molecule has 5 rings (SSSR count). The molecule has 242 valence electrons. The number of rotatable bonds is 13. The molecule has 3 aromatic rings. The van der Waals surface area contributed by atoms with Crippen LogP contribution in [0.3, 0.4) is 0 Å². The molecule has 0 saturated heterocycles. The van der Waals surface area contributed by atoms with Gasteiger partial charge in [0, 0.05) is 5.56 Å². The van der Waals surface area contributed by atoms with Crippen LogP contribution < -0.4 is 4.74 Å². The van der Waals surface area contributed by atoms with Crippen LogP contribution in [0.2, 0.25) is 0 Å². The van der Waals surface area contributed by atoms with E-state index in [2.05, 4.69) is 26.0 Å². The minimum Gasteiger partial charge on any atom is -0.490 e. The van der Waals surface area contributed by atoms with Gasteiger partial charge in [0.25, 0.3) is 0 Å². The Hall–Kier alpha value is -3.01. The van der Waals surface area contributed by atoms with Crippen LogP contribution in [0.25, 0.3) is 22.3 Å². The molecule has 4 heteroatoms. The first-order chi connectivity index (χ1) is 22.0. The fourth-order valence-corrected chi connectivity index (χ4v) is 7.79. The summed E-state index contributed by atoms with van der Waals surface area (Å²) < 4.78 is 50.8. The van der Waals surface area contributed by atoms with Gasteiger partial charge in [-0.2, -0.15) is 4.39 Å². The number of benzene rings is 3. The summed E-state index contributed by atoms with van der Waals surface area (Å²) in [5, 5.41) is 0. The van der Waals surface area contributed by atoms with Crippen LogP contribution in [-0.2, 0) is 0 Å². The largest absolute Gasteiger partial charge is 0.490 e. The van der Waals surface area contributed by atoms with Crippen molar-refractivity contribution in [2.75, 3.05) is 6.61 Å². The van der Waals surface area contributed by atoms with Crippen molar-refractivity contribution in [2.24, 2.45) is 17.8 Å². The summed E-state index contributed by atoms with van der Waals surface area (Å²) in [7, 11) is 0. The minimum absolute atomic E-state index is 0.0438. The Kier molecular flexibility index (Phi) is 12.2. The highest BCUT2D eigenvalue weighted by molar-refractivity contribution is 5.71. The molecule has 0 bridgehead atoms. The molecular weight excluding hydrogens is 565 g/mol. The number of hydrogen-bond acceptors (Lipinski definition) is 1. The summed E-state index contributed by atoms with van der Waals surface area (Å²) in [6, 6.07) is 15.9. The van der Waals surface area contributed by atoms with Crippen LogP contribution in [0.1, 0.15) is 115 Å². The van der Waals surface area contributed by atoms with Crippen molar-refractivity contribution >= 4 is 0 Å². The molecule has 0 aliphatic heterocycles. The molecule has 0 radical (unpaired) electrons. The zero-order chi connectivity index (χ0) is 31.6. The van der Waals surface area contributed by atoms with Crippen LogP contribution in [0.5, 0.6) is 5.75 Å². The van der Waals surface area contributed by atoms with E-state index in [1.54, 1.807) is 24.3 Å². The maximum atomic E-state index is 15.4. The Balaban J connectivity index is 1.15. The fourth-order valence-electron chi connectivity index (χ4n) is 7.79. The second-order valence-corrected chi connectivity index (χ2v) is 13.5. The lowest BCUT2D eigenvalue weighted by Crippen LogP contribution is -2.25. The van der Waals surface area contributed by atoms with Gasteiger partial charge in [0.1, 0.15) is 5.82 Å². The minimum atomic E-state index is -0.953. The summed E-state index contributed by atoms with van der Waals surface area (Å²) in [6.07, 6.45) is 21.0. The first-order valence-corrected chi connectivity index (χ1v) is 17.6. The van der Waals surface area contributed by atoms with Gasteiger partial charge >= 0.3 is 0 Å². The zero-order valence-corrected chi connectivity index (χ0v) is 27.3.